The van der Waals surface area contributed by atoms with Crippen molar-refractivity contribution in [1.29, 1.82) is 0 Å². The first-order valence-corrected chi connectivity index (χ1v) is 6.40. The highest BCUT2D eigenvalue weighted by molar-refractivity contribution is 4.91. The van der Waals surface area contributed by atoms with Crippen LogP contribution in [-0.4, -0.2) is 20.9 Å². The zero-order valence-electron chi connectivity index (χ0n) is 10.8. The van der Waals surface area contributed by atoms with Gasteiger partial charge in [0.15, 0.2) is 0 Å². The minimum absolute atomic E-state index is 0.0486. The average molecular weight is 238 g/mol. The minimum Gasteiger partial charge on any atom is -0.330 e. The summed E-state index contributed by atoms with van der Waals surface area (Å²) >= 11 is 0. The fourth-order valence-corrected chi connectivity index (χ4v) is 2.10. The van der Waals surface area contributed by atoms with E-state index in [0.717, 1.165) is 38.1 Å². The molecule has 5 nitrogen and oxygen atoms in total. The second kappa shape index (κ2) is 4.64. The van der Waals surface area contributed by atoms with Crippen molar-refractivity contribution in [3.05, 3.63) is 16.3 Å². The van der Waals surface area contributed by atoms with Crippen molar-refractivity contribution in [2.45, 2.75) is 52.6 Å². The molecule has 1 aliphatic rings. The molecule has 0 saturated heterocycles. The number of nitrogens with zero attached hydrogens (tertiary/aromatic N) is 3. The first-order chi connectivity index (χ1) is 8.03. The largest absolute Gasteiger partial charge is 0.345 e. The number of fused-ring (bicyclic) bond motifs is 1. The predicted molar refractivity (Wildman–Crippen MR) is 66.9 cm³/mol. The fourth-order valence-electron chi connectivity index (χ4n) is 2.10. The van der Waals surface area contributed by atoms with E-state index in [1.807, 2.05) is 4.57 Å². The number of hydrogen-bond acceptors (Lipinski definition) is 3. The van der Waals surface area contributed by atoms with Gasteiger partial charge in [-0.2, -0.15) is 5.10 Å². The van der Waals surface area contributed by atoms with E-state index in [0.29, 0.717) is 13.1 Å². The zero-order valence-corrected chi connectivity index (χ0v) is 10.8. The highest BCUT2D eigenvalue weighted by Crippen LogP contribution is 2.18. The lowest BCUT2D eigenvalue weighted by molar-refractivity contribution is 0.313. The van der Waals surface area contributed by atoms with E-state index < -0.39 is 0 Å². The van der Waals surface area contributed by atoms with Gasteiger partial charge < -0.3 is 5.73 Å². The van der Waals surface area contributed by atoms with Gasteiger partial charge >= 0.3 is 5.69 Å². The summed E-state index contributed by atoms with van der Waals surface area (Å²) in [4.78, 5) is 12.1. The standard InChI is InChI=1S/C12H22N4O/c1-12(2,9-13)6-8-16-11(17)15-7-4-3-5-10(15)14-16/h3-9,13H2,1-2H3. The maximum absolute atomic E-state index is 12.1. The lowest BCUT2D eigenvalue weighted by Gasteiger charge is -2.21. The quantitative estimate of drug-likeness (QED) is 0.842. The molecular weight excluding hydrogens is 216 g/mol. The summed E-state index contributed by atoms with van der Waals surface area (Å²) in [5.41, 5.74) is 5.81. The maximum atomic E-state index is 12.1. The van der Waals surface area contributed by atoms with E-state index >= 15 is 0 Å². The SMILES string of the molecule is CC(C)(CN)CCn1nc2n(c1=O)CCCC2. The van der Waals surface area contributed by atoms with Crippen LogP contribution in [0.1, 0.15) is 38.9 Å². The van der Waals surface area contributed by atoms with Crippen molar-refractivity contribution in [2.75, 3.05) is 6.54 Å². The number of nitrogens with two attached hydrogens (primary N) is 1. The van der Waals surface area contributed by atoms with Crippen LogP contribution in [0.5, 0.6) is 0 Å². The monoisotopic (exact) mass is 238 g/mol. The van der Waals surface area contributed by atoms with Gasteiger partial charge in [0.25, 0.3) is 0 Å². The Bertz CT molecular complexity index is 444. The van der Waals surface area contributed by atoms with Crippen LogP contribution in [0.4, 0.5) is 0 Å². The van der Waals surface area contributed by atoms with Gasteiger partial charge in [-0.05, 0) is 31.2 Å². The third-order valence-electron chi connectivity index (χ3n) is 3.58. The first-order valence-electron chi connectivity index (χ1n) is 6.40. The molecule has 1 aromatic rings. The smallest absolute Gasteiger partial charge is 0.330 e. The Labute approximate surface area is 102 Å². The van der Waals surface area contributed by atoms with Crippen LogP contribution in [0.15, 0.2) is 4.79 Å². The number of hydrogen-bond donors (Lipinski definition) is 1. The van der Waals surface area contributed by atoms with Gasteiger partial charge in [0.2, 0.25) is 0 Å². The van der Waals surface area contributed by atoms with Gasteiger partial charge in [0.05, 0.1) is 0 Å². The third-order valence-corrected chi connectivity index (χ3v) is 3.58. The van der Waals surface area contributed by atoms with Crippen LogP contribution < -0.4 is 11.4 Å². The predicted octanol–water partition coefficient (Wildman–Crippen LogP) is 0.756. The molecule has 0 saturated carbocycles. The molecule has 1 aliphatic heterocycles. The van der Waals surface area contributed by atoms with E-state index in [1.54, 1.807) is 4.68 Å². The number of aromatic nitrogens is 3. The number of aryl methyl sites for hydroxylation is 2. The molecule has 0 aromatic carbocycles. The molecule has 2 rings (SSSR count). The van der Waals surface area contributed by atoms with Gasteiger partial charge in [-0.3, -0.25) is 4.57 Å². The molecule has 0 aliphatic carbocycles. The Morgan fingerprint density at radius 2 is 2.18 bits per heavy atom. The summed E-state index contributed by atoms with van der Waals surface area (Å²) in [6.07, 6.45) is 4.06. The van der Waals surface area contributed by atoms with E-state index in [1.165, 1.54) is 0 Å². The molecule has 0 bridgehead atoms. The molecule has 17 heavy (non-hydrogen) atoms. The third kappa shape index (κ3) is 2.60. The Hall–Kier alpha value is -1.10. The van der Waals surface area contributed by atoms with E-state index in [4.69, 9.17) is 5.73 Å². The summed E-state index contributed by atoms with van der Waals surface area (Å²) in [7, 11) is 0. The highest BCUT2D eigenvalue weighted by atomic mass is 16.2. The van der Waals surface area contributed by atoms with Gasteiger partial charge in [0, 0.05) is 19.5 Å². The fraction of sp³-hybridized carbons (Fsp3) is 0.833. The average Bonchev–Trinajstić information content (AvgIpc) is 2.65. The Morgan fingerprint density at radius 1 is 1.41 bits per heavy atom. The van der Waals surface area contributed by atoms with Crippen molar-refractivity contribution in [3.63, 3.8) is 0 Å². The van der Waals surface area contributed by atoms with Crippen LogP contribution in [-0.2, 0) is 19.5 Å². The van der Waals surface area contributed by atoms with Crippen molar-refractivity contribution in [2.24, 2.45) is 11.1 Å². The molecule has 0 fully saturated rings. The van der Waals surface area contributed by atoms with Crippen LogP contribution in [0, 0.1) is 5.41 Å². The van der Waals surface area contributed by atoms with E-state index in [-0.39, 0.29) is 11.1 Å². The van der Waals surface area contributed by atoms with Gasteiger partial charge in [-0.25, -0.2) is 9.48 Å². The summed E-state index contributed by atoms with van der Waals surface area (Å²) in [6.45, 7) is 6.37. The molecule has 96 valence electrons. The molecule has 1 aromatic heterocycles. The second-order valence-electron chi connectivity index (χ2n) is 5.65. The van der Waals surface area contributed by atoms with Crippen LogP contribution in [0.3, 0.4) is 0 Å². The maximum Gasteiger partial charge on any atom is 0.345 e. The molecule has 2 N–H and O–H groups in total. The van der Waals surface area contributed by atoms with Gasteiger partial charge in [-0.15, -0.1) is 0 Å². The van der Waals surface area contributed by atoms with Crippen molar-refractivity contribution in [1.82, 2.24) is 14.3 Å². The molecule has 0 atom stereocenters. The Balaban J connectivity index is 2.12. The molecule has 5 heteroatoms. The molecular formula is C12H22N4O. The molecule has 0 spiro atoms. The molecule has 2 heterocycles. The van der Waals surface area contributed by atoms with Crippen LogP contribution in [0.2, 0.25) is 0 Å². The molecule has 0 radical (unpaired) electrons. The molecule has 0 unspecified atom stereocenters. The first kappa shape index (κ1) is 12.4. The minimum atomic E-state index is 0.0486. The second-order valence-corrected chi connectivity index (χ2v) is 5.65. The summed E-state index contributed by atoms with van der Waals surface area (Å²) in [6, 6.07) is 0. The Morgan fingerprint density at radius 3 is 2.82 bits per heavy atom. The van der Waals surface area contributed by atoms with Crippen molar-refractivity contribution in [3.8, 4) is 0 Å². The summed E-state index contributed by atoms with van der Waals surface area (Å²) in [5.74, 6) is 0.951. The number of rotatable bonds is 4. The normalized spacial score (nSPS) is 15.9. The lowest BCUT2D eigenvalue weighted by atomic mass is 9.90. The van der Waals surface area contributed by atoms with E-state index in [9.17, 15) is 4.79 Å². The van der Waals surface area contributed by atoms with Crippen molar-refractivity contribution >= 4 is 0 Å². The van der Waals surface area contributed by atoms with Gasteiger partial charge in [0.1, 0.15) is 5.82 Å². The van der Waals surface area contributed by atoms with Gasteiger partial charge in [-0.1, -0.05) is 13.8 Å². The van der Waals surface area contributed by atoms with Crippen LogP contribution in [0.25, 0.3) is 0 Å². The summed E-state index contributed by atoms with van der Waals surface area (Å²) < 4.78 is 3.43. The van der Waals surface area contributed by atoms with Crippen LogP contribution >= 0.6 is 0 Å². The Kier molecular flexibility index (Phi) is 3.38. The molecule has 0 amide bonds. The van der Waals surface area contributed by atoms with Crippen molar-refractivity contribution < 1.29 is 0 Å². The summed E-state index contributed by atoms with van der Waals surface area (Å²) in [5, 5.41) is 4.41. The highest BCUT2D eigenvalue weighted by Gasteiger charge is 2.19. The topological polar surface area (TPSA) is 65.8 Å². The van der Waals surface area contributed by atoms with E-state index in [2.05, 4.69) is 18.9 Å². The lowest BCUT2D eigenvalue weighted by Crippen LogP contribution is -2.30. The zero-order chi connectivity index (χ0) is 12.5.